The molecule has 9 nitrogen and oxygen atoms in total. The molecule has 0 unspecified atom stereocenters. The fourth-order valence-electron chi connectivity index (χ4n) is 5.28. The first kappa shape index (κ1) is 26.4. The van der Waals surface area contributed by atoms with Gasteiger partial charge in [-0.25, -0.2) is 22.5 Å². The minimum absolute atomic E-state index is 0.0104. The number of hydrogen-bond acceptors (Lipinski definition) is 5. The Bertz CT molecular complexity index is 2220. The molecule has 206 valence electrons. The summed E-state index contributed by atoms with van der Waals surface area (Å²) < 4.78 is 41.3. The first-order chi connectivity index (χ1) is 19.5. The van der Waals surface area contributed by atoms with Gasteiger partial charge < -0.3 is 10.7 Å². The largest absolute Gasteiger partial charge is 0.366 e. The highest BCUT2D eigenvalue weighted by Gasteiger charge is 2.19. The van der Waals surface area contributed by atoms with Crippen LogP contribution in [-0.4, -0.2) is 35.1 Å². The number of para-hydroxylation sites is 1. The number of nitrogens with zero attached hydrogens (tertiary/aromatic N) is 2. The van der Waals surface area contributed by atoms with Crippen LogP contribution in [0.5, 0.6) is 0 Å². The van der Waals surface area contributed by atoms with E-state index in [0.29, 0.717) is 22.3 Å². The van der Waals surface area contributed by atoms with Gasteiger partial charge >= 0.3 is 0 Å². The summed E-state index contributed by atoms with van der Waals surface area (Å²) in [5, 5.41) is 1.74. The maximum Gasteiger partial charge on any atom is 0.265 e. The van der Waals surface area contributed by atoms with E-state index in [1.54, 1.807) is 18.2 Å². The number of amides is 1. The van der Waals surface area contributed by atoms with Gasteiger partial charge in [-0.3, -0.25) is 14.2 Å². The van der Waals surface area contributed by atoms with Crippen molar-refractivity contribution < 1.29 is 17.6 Å². The molecule has 0 fully saturated rings. The number of sulfonamides is 1. The van der Waals surface area contributed by atoms with Crippen LogP contribution in [0.3, 0.4) is 0 Å². The first-order valence-corrected chi connectivity index (χ1v) is 14.5. The minimum Gasteiger partial charge on any atom is -0.366 e. The van der Waals surface area contributed by atoms with E-state index in [0.717, 1.165) is 39.3 Å². The van der Waals surface area contributed by atoms with Crippen molar-refractivity contribution in [3.8, 4) is 16.8 Å². The molecule has 4 aromatic carbocycles. The molecule has 0 bridgehead atoms. The molecular formula is C30H24FN5O4S. The van der Waals surface area contributed by atoms with Crippen LogP contribution in [0.25, 0.3) is 49.5 Å². The molecule has 4 N–H and O–H groups in total. The summed E-state index contributed by atoms with van der Waals surface area (Å²) in [6.07, 6.45) is 2.42. The molecule has 2 heterocycles. The lowest BCUT2D eigenvalue weighted by atomic mass is 9.93. The molecule has 0 atom stereocenters. The number of primary amides is 1. The maximum atomic E-state index is 14.2. The molecule has 0 aliphatic heterocycles. The van der Waals surface area contributed by atoms with Gasteiger partial charge in [0.15, 0.2) is 0 Å². The molecule has 1 amide bonds. The van der Waals surface area contributed by atoms with E-state index in [1.165, 1.54) is 23.0 Å². The minimum atomic E-state index is -3.38. The Hall–Kier alpha value is -4.87. The Morgan fingerprint density at radius 1 is 1.05 bits per heavy atom. The second kappa shape index (κ2) is 9.65. The third-order valence-corrected chi connectivity index (χ3v) is 7.88. The van der Waals surface area contributed by atoms with Crippen LogP contribution in [0.15, 0.2) is 77.9 Å². The second-order valence-electron chi connectivity index (χ2n) is 9.88. The molecule has 6 aromatic rings. The fourth-order valence-corrected chi connectivity index (χ4v) is 5.71. The van der Waals surface area contributed by atoms with Gasteiger partial charge in [-0.1, -0.05) is 36.4 Å². The predicted octanol–water partition coefficient (Wildman–Crippen LogP) is 4.28. The molecule has 2 aromatic heterocycles. The number of aromatic nitrogens is 3. The molecule has 0 aliphatic rings. The second-order valence-corrected chi connectivity index (χ2v) is 11.7. The van der Waals surface area contributed by atoms with Gasteiger partial charge in [-0.15, -0.1) is 0 Å². The summed E-state index contributed by atoms with van der Waals surface area (Å²) in [7, 11) is -3.38. The highest BCUT2D eigenvalue weighted by atomic mass is 32.2. The SMILES string of the molecule is Cc1c(-c2ccc(C(N)=O)c3[nH]c4cc(CNS(C)(=O)=O)ccc4c23)cccc1-n1cnc2c(F)cccc2c1=O. The van der Waals surface area contributed by atoms with E-state index < -0.39 is 27.3 Å². The molecule has 11 heteroatoms. The number of nitrogens with one attached hydrogen (secondary N) is 2. The van der Waals surface area contributed by atoms with E-state index in [9.17, 15) is 22.4 Å². The molecule has 6 rings (SSSR count). The summed E-state index contributed by atoms with van der Waals surface area (Å²) in [4.78, 5) is 33.2. The van der Waals surface area contributed by atoms with E-state index in [2.05, 4.69) is 14.7 Å². The molecule has 41 heavy (non-hydrogen) atoms. The molecule has 0 aliphatic carbocycles. The van der Waals surface area contributed by atoms with Crippen LogP contribution >= 0.6 is 0 Å². The Kier molecular flexibility index (Phi) is 6.20. The van der Waals surface area contributed by atoms with Gasteiger partial charge in [-0.05, 0) is 59.5 Å². The number of halogens is 1. The van der Waals surface area contributed by atoms with Crippen LogP contribution < -0.4 is 16.0 Å². The first-order valence-electron chi connectivity index (χ1n) is 12.6. The Morgan fingerprint density at radius 2 is 1.83 bits per heavy atom. The summed E-state index contributed by atoms with van der Waals surface area (Å²) in [5.74, 6) is -1.16. The summed E-state index contributed by atoms with van der Waals surface area (Å²) in [6.45, 7) is 1.99. The number of benzene rings is 4. The van der Waals surface area contributed by atoms with Crippen LogP contribution in [0.1, 0.15) is 21.5 Å². The van der Waals surface area contributed by atoms with Crippen molar-refractivity contribution in [2.45, 2.75) is 13.5 Å². The van der Waals surface area contributed by atoms with Crippen molar-refractivity contribution in [1.82, 2.24) is 19.3 Å². The van der Waals surface area contributed by atoms with Gasteiger partial charge in [0, 0.05) is 22.8 Å². The molecule has 0 saturated heterocycles. The number of nitrogens with two attached hydrogens (primary N) is 1. The maximum absolute atomic E-state index is 14.2. The zero-order valence-electron chi connectivity index (χ0n) is 22.0. The smallest absolute Gasteiger partial charge is 0.265 e. The number of hydrogen-bond donors (Lipinski definition) is 3. The predicted molar refractivity (Wildman–Crippen MR) is 157 cm³/mol. The van der Waals surface area contributed by atoms with Gasteiger partial charge in [0.25, 0.3) is 11.5 Å². The van der Waals surface area contributed by atoms with Crippen molar-refractivity contribution in [1.29, 1.82) is 0 Å². The number of rotatable bonds is 6. The van der Waals surface area contributed by atoms with Crippen LogP contribution in [0.4, 0.5) is 4.39 Å². The van der Waals surface area contributed by atoms with E-state index >= 15 is 0 Å². The highest BCUT2D eigenvalue weighted by molar-refractivity contribution is 7.88. The Morgan fingerprint density at radius 3 is 2.59 bits per heavy atom. The van der Waals surface area contributed by atoms with Crippen molar-refractivity contribution >= 4 is 48.6 Å². The third-order valence-electron chi connectivity index (χ3n) is 7.22. The molecule has 0 saturated carbocycles. The number of aromatic amines is 1. The Balaban J connectivity index is 1.57. The average Bonchev–Trinajstić information content (AvgIpc) is 3.31. The van der Waals surface area contributed by atoms with Crippen molar-refractivity contribution in [3.05, 3.63) is 106 Å². The number of carbonyl (C=O) groups is 1. The Labute approximate surface area is 233 Å². The lowest BCUT2D eigenvalue weighted by molar-refractivity contribution is 0.100. The van der Waals surface area contributed by atoms with E-state index in [1.807, 2.05) is 43.3 Å². The monoisotopic (exact) mass is 569 g/mol. The van der Waals surface area contributed by atoms with Gasteiger partial charge in [0.05, 0.1) is 28.4 Å². The quantitative estimate of drug-likeness (QED) is 0.275. The van der Waals surface area contributed by atoms with Crippen molar-refractivity contribution in [2.75, 3.05) is 6.26 Å². The van der Waals surface area contributed by atoms with Crippen molar-refractivity contribution in [2.24, 2.45) is 5.73 Å². The van der Waals surface area contributed by atoms with Crippen LogP contribution in [0.2, 0.25) is 0 Å². The third kappa shape index (κ3) is 4.54. The van der Waals surface area contributed by atoms with Gasteiger partial charge in [-0.2, -0.15) is 0 Å². The topological polar surface area (TPSA) is 140 Å². The highest BCUT2D eigenvalue weighted by Crippen LogP contribution is 2.39. The number of H-pyrrole nitrogens is 1. The summed E-state index contributed by atoms with van der Waals surface area (Å²) >= 11 is 0. The fraction of sp³-hybridized carbons (Fsp3) is 0.100. The lowest BCUT2D eigenvalue weighted by Gasteiger charge is -2.15. The number of fused-ring (bicyclic) bond motifs is 4. The average molecular weight is 570 g/mol. The van der Waals surface area contributed by atoms with Gasteiger partial charge in [0.2, 0.25) is 10.0 Å². The molecule has 0 radical (unpaired) electrons. The normalized spacial score (nSPS) is 12.0. The summed E-state index contributed by atoms with van der Waals surface area (Å²) in [6, 6.07) is 18.8. The van der Waals surface area contributed by atoms with E-state index in [4.69, 9.17) is 5.73 Å². The van der Waals surface area contributed by atoms with Gasteiger partial charge in [0.1, 0.15) is 17.7 Å². The summed E-state index contributed by atoms with van der Waals surface area (Å²) in [5.41, 5.74) is 10.6. The molecular weight excluding hydrogens is 545 g/mol. The van der Waals surface area contributed by atoms with Crippen LogP contribution in [-0.2, 0) is 16.6 Å². The standard InChI is InChI=1S/C30H24FN5O4S/c1-16-18(5-4-8-25(16)36-15-33-27-22(30(36)38)6-3-7-23(27)31)19-11-12-21(29(32)37)28-26(19)20-10-9-17(13-24(20)35-28)14-34-41(2,39)40/h3-13,15,34-35H,14H2,1-2H3,(H2,32,37). The zero-order chi connectivity index (χ0) is 29.1. The zero-order valence-corrected chi connectivity index (χ0v) is 22.8. The molecule has 0 spiro atoms. The van der Waals surface area contributed by atoms with E-state index in [-0.39, 0.29) is 17.4 Å². The lowest BCUT2D eigenvalue weighted by Crippen LogP contribution is -2.21. The van der Waals surface area contributed by atoms with Crippen LogP contribution in [0, 0.1) is 12.7 Å². The van der Waals surface area contributed by atoms with Crippen molar-refractivity contribution in [3.63, 3.8) is 0 Å². The number of carbonyl (C=O) groups excluding carboxylic acids is 1.